The molecule has 1 saturated heterocycles. The fourth-order valence-corrected chi connectivity index (χ4v) is 4.35. The number of ketones is 1. The standard InChI is InChI=1S/C24H34N2O6.C2H6/c1-15(2)9-19(22(30)24(13-28)14-32-24)26-23(31)20(12-27)25-21(29)11-16-7-8-17-5-3-4-6-18(17)10-16;1-2/h3-6,15-16,19-20,27-28H,7-14H2,1-2H3,(H,25,29)(H,26,31);1-2H3. The third-order valence-electron chi connectivity index (χ3n) is 6.29. The third kappa shape index (κ3) is 7.35. The molecule has 2 amide bonds. The van der Waals surface area contributed by atoms with Crippen molar-refractivity contribution in [1.29, 1.82) is 0 Å². The molecule has 4 atom stereocenters. The number of ether oxygens (including phenoxy) is 1. The van der Waals surface area contributed by atoms with E-state index in [4.69, 9.17) is 4.74 Å². The Morgan fingerprint density at radius 3 is 2.29 bits per heavy atom. The maximum Gasteiger partial charge on any atom is 0.245 e. The number of aliphatic hydroxyl groups excluding tert-OH is 2. The molecule has 0 saturated carbocycles. The Morgan fingerprint density at radius 2 is 1.74 bits per heavy atom. The molecule has 0 aromatic heterocycles. The SMILES string of the molecule is CC.CC(C)CC(NC(=O)C(CO)NC(=O)CC1CCc2ccccc2C1)C(=O)C1(CO)CO1. The van der Waals surface area contributed by atoms with E-state index in [9.17, 15) is 24.6 Å². The first-order chi connectivity index (χ1) is 16.3. The van der Waals surface area contributed by atoms with Gasteiger partial charge in [0.1, 0.15) is 6.04 Å². The number of rotatable bonds is 11. The Bertz CT molecular complexity index is 836. The highest BCUT2D eigenvalue weighted by Crippen LogP contribution is 2.30. The Morgan fingerprint density at radius 1 is 1.09 bits per heavy atom. The number of fused-ring (bicyclic) bond motifs is 1. The molecule has 8 heteroatoms. The van der Waals surface area contributed by atoms with Gasteiger partial charge in [0.15, 0.2) is 11.4 Å². The Balaban J connectivity index is 0.00000199. The van der Waals surface area contributed by atoms with Gasteiger partial charge in [-0.05, 0) is 48.6 Å². The monoisotopic (exact) mass is 476 g/mol. The van der Waals surface area contributed by atoms with Gasteiger partial charge in [0, 0.05) is 6.42 Å². The molecule has 8 nitrogen and oxygen atoms in total. The summed E-state index contributed by atoms with van der Waals surface area (Å²) in [6.45, 7) is 6.94. The molecule has 1 aliphatic carbocycles. The zero-order valence-corrected chi connectivity index (χ0v) is 20.8. The highest BCUT2D eigenvalue weighted by atomic mass is 16.6. The molecule has 190 valence electrons. The molecule has 3 rings (SSSR count). The van der Waals surface area contributed by atoms with Crippen LogP contribution in [-0.2, 0) is 32.0 Å². The molecule has 4 unspecified atom stereocenters. The molecule has 1 fully saturated rings. The highest BCUT2D eigenvalue weighted by Gasteiger charge is 2.54. The molecule has 2 aliphatic rings. The quantitative estimate of drug-likeness (QED) is 0.359. The van der Waals surface area contributed by atoms with E-state index in [-0.39, 0.29) is 36.6 Å². The third-order valence-corrected chi connectivity index (χ3v) is 6.29. The summed E-state index contributed by atoms with van der Waals surface area (Å²) < 4.78 is 5.14. The van der Waals surface area contributed by atoms with Crippen molar-refractivity contribution in [3.8, 4) is 0 Å². The summed E-state index contributed by atoms with van der Waals surface area (Å²) in [4.78, 5) is 38.1. The molecule has 1 aromatic rings. The lowest BCUT2D eigenvalue weighted by Crippen LogP contribution is -2.55. The van der Waals surface area contributed by atoms with Crippen LogP contribution in [0.15, 0.2) is 24.3 Å². The summed E-state index contributed by atoms with van der Waals surface area (Å²) in [5, 5.41) is 24.4. The minimum Gasteiger partial charge on any atom is -0.394 e. The smallest absolute Gasteiger partial charge is 0.245 e. The van der Waals surface area contributed by atoms with E-state index >= 15 is 0 Å². The largest absolute Gasteiger partial charge is 0.394 e. The zero-order chi connectivity index (χ0) is 25.3. The van der Waals surface area contributed by atoms with Crippen LogP contribution in [0.4, 0.5) is 0 Å². The number of aryl methyl sites for hydroxylation is 1. The van der Waals surface area contributed by atoms with Crippen LogP contribution in [0.25, 0.3) is 0 Å². The van der Waals surface area contributed by atoms with E-state index in [0.717, 1.165) is 19.3 Å². The second kappa shape index (κ2) is 13.0. The van der Waals surface area contributed by atoms with Crippen LogP contribution in [0, 0.1) is 11.8 Å². The van der Waals surface area contributed by atoms with Crippen LogP contribution in [0.2, 0.25) is 0 Å². The molecule has 0 bridgehead atoms. The van der Waals surface area contributed by atoms with Gasteiger partial charge in [0.25, 0.3) is 0 Å². The minimum absolute atomic E-state index is 0.107. The number of aliphatic hydroxyl groups is 2. The van der Waals surface area contributed by atoms with E-state index in [0.29, 0.717) is 6.42 Å². The van der Waals surface area contributed by atoms with Crippen molar-refractivity contribution in [2.75, 3.05) is 19.8 Å². The fourth-order valence-electron chi connectivity index (χ4n) is 4.35. The van der Waals surface area contributed by atoms with Crippen LogP contribution in [0.3, 0.4) is 0 Å². The molecule has 1 aliphatic heterocycles. The number of Topliss-reactive ketones (excluding diaryl/α,β-unsaturated/α-hetero) is 1. The van der Waals surface area contributed by atoms with Crippen LogP contribution in [-0.4, -0.2) is 65.3 Å². The number of benzene rings is 1. The van der Waals surface area contributed by atoms with E-state index in [2.05, 4.69) is 22.8 Å². The summed E-state index contributed by atoms with van der Waals surface area (Å²) in [7, 11) is 0. The predicted molar refractivity (Wildman–Crippen MR) is 129 cm³/mol. The van der Waals surface area contributed by atoms with Crippen molar-refractivity contribution in [1.82, 2.24) is 10.6 Å². The van der Waals surface area contributed by atoms with Gasteiger partial charge < -0.3 is 25.6 Å². The lowest BCUT2D eigenvalue weighted by molar-refractivity contribution is -0.135. The van der Waals surface area contributed by atoms with Gasteiger partial charge in [0.2, 0.25) is 11.8 Å². The second-order valence-electron chi connectivity index (χ2n) is 9.38. The lowest BCUT2D eigenvalue weighted by Gasteiger charge is -2.26. The Labute approximate surface area is 202 Å². The Hall–Kier alpha value is -2.29. The van der Waals surface area contributed by atoms with Crippen LogP contribution < -0.4 is 10.6 Å². The van der Waals surface area contributed by atoms with Crippen molar-refractivity contribution < 1.29 is 29.3 Å². The predicted octanol–water partition coefficient (Wildman–Crippen LogP) is 1.55. The first-order valence-electron chi connectivity index (χ1n) is 12.3. The van der Waals surface area contributed by atoms with Gasteiger partial charge >= 0.3 is 0 Å². The number of hydrogen-bond donors (Lipinski definition) is 4. The van der Waals surface area contributed by atoms with Crippen LogP contribution >= 0.6 is 0 Å². The number of nitrogens with one attached hydrogen (secondary N) is 2. The van der Waals surface area contributed by atoms with E-state index in [1.54, 1.807) is 0 Å². The zero-order valence-electron chi connectivity index (χ0n) is 20.8. The van der Waals surface area contributed by atoms with Gasteiger partial charge in [-0.15, -0.1) is 0 Å². The van der Waals surface area contributed by atoms with Gasteiger partial charge in [-0.3, -0.25) is 14.4 Å². The van der Waals surface area contributed by atoms with Crippen molar-refractivity contribution in [2.24, 2.45) is 11.8 Å². The van der Waals surface area contributed by atoms with Gasteiger partial charge in [0.05, 0.1) is 25.9 Å². The fraction of sp³-hybridized carbons (Fsp3) is 0.654. The number of epoxide rings is 1. The lowest BCUT2D eigenvalue weighted by atomic mass is 9.82. The van der Waals surface area contributed by atoms with Crippen molar-refractivity contribution in [2.45, 2.75) is 77.5 Å². The average Bonchev–Trinajstić information content (AvgIpc) is 3.64. The van der Waals surface area contributed by atoms with Crippen molar-refractivity contribution >= 4 is 17.6 Å². The number of carbonyl (C=O) groups is 3. The minimum atomic E-state index is -1.25. The van der Waals surface area contributed by atoms with Gasteiger partial charge in [-0.2, -0.15) is 0 Å². The van der Waals surface area contributed by atoms with Gasteiger partial charge in [-0.1, -0.05) is 52.0 Å². The Kier molecular flexibility index (Phi) is 10.7. The number of amides is 2. The summed E-state index contributed by atoms with van der Waals surface area (Å²) in [6.07, 6.45) is 3.27. The molecule has 0 radical (unpaired) electrons. The summed E-state index contributed by atoms with van der Waals surface area (Å²) in [5.41, 5.74) is 1.32. The molecule has 34 heavy (non-hydrogen) atoms. The summed E-state index contributed by atoms with van der Waals surface area (Å²) in [5.74, 6) is -1.02. The topological polar surface area (TPSA) is 128 Å². The summed E-state index contributed by atoms with van der Waals surface area (Å²) in [6, 6.07) is 6.20. The average molecular weight is 477 g/mol. The first kappa shape index (κ1) is 28.0. The number of hydrogen-bond acceptors (Lipinski definition) is 6. The summed E-state index contributed by atoms with van der Waals surface area (Å²) >= 11 is 0. The normalized spacial score (nSPS) is 22.5. The van der Waals surface area contributed by atoms with E-state index < -0.39 is 36.8 Å². The maximum atomic E-state index is 12.8. The van der Waals surface area contributed by atoms with E-state index in [1.165, 1.54) is 11.1 Å². The molecule has 4 N–H and O–H groups in total. The van der Waals surface area contributed by atoms with Crippen molar-refractivity contribution in [3.05, 3.63) is 35.4 Å². The molecule has 0 spiro atoms. The highest BCUT2D eigenvalue weighted by molar-refractivity contribution is 5.98. The first-order valence-corrected chi connectivity index (χ1v) is 12.3. The second-order valence-corrected chi connectivity index (χ2v) is 9.38. The maximum absolute atomic E-state index is 12.8. The van der Waals surface area contributed by atoms with Crippen LogP contribution in [0.1, 0.15) is 58.1 Å². The van der Waals surface area contributed by atoms with Crippen molar-refractivity contribution in [3.63, 3.8) is 0 Å². The molecule has 1 heterocycles. The van der Waals surface area contributed by atoms with Gasteiger partial charge in [-0.25, -0.2) is 0 Å². The van der Waals surface area contributed by atoms with E-state index in [1.807, 2.05) is 39.8 Å². The number of carbonyl (C=O) groups excluding carboxylic acids is 3. The molecular weight excluding hydrogens is 436 g/mol. The molecule has 1 aromatic carbocycles. The molecular formula is C26H40N2O6. The van der Waals surface area contributed by atoms with Crippen LogP contribution in [0.5, 0.6) is 0 Å².